The summed E-state index contributed by atoms with van der Waals surface area (Å²) in [6.07, 6.45) is 1.14. The van der Waals surface area contributed by atoms with Gasteiger partial charge in [-0.1, -0.05) is 12.1 Å². The molecule has 0 bridgehead atoms. The third kappa shape index (κ3) is 6.86. The van der Waals surface area contributed by atoms with Crippen LogP contribution in [0, 0.1) is 0 Å². The van der Waals surface area contributed by atoms with Gasteiger partial charge in [-0.15, -0.1) is 17.9 Å². The van der Waals surface area contributed by atoms with Gasteiger partial charge in [0.05, 0.1) is 25.8 Å². The van der Waals surface area contributed by atoms with Gasteiger partial charge in [0.2, 0.25) is 5.91 Å². The molecule has 0 aliphatic heterocycles. The quantitative estimate of drug-likeness (QED) is 0.660. The van der Waals surface area contributed by atoms with Gasteiger partial charge in [0.25, 0.3) is 0 Å². The molecule has 1 rings (SSSR count). The van der Waals surface area contributed by atoms with Crippen molar-refractivity contribution >= 4 is 17.2 Å². The van der Waals surface area contributed by atoms with E-state index in [-0.39, 0.29) is 19.1 Å². The zero-order valence-electron chi connectivity index (χ0n) is 12.7. The van der Waals surface area contributed by atoms with Crippen LogP contribution >= 0.6 is 11.3 Å². The monoisotopic (exact) mass is 312 g/mol. The van der Waals surface area contributed by atoms with Crippen LogP contribution in [0.3, 0.4) is 0 Å². The number of nitrogens with zero attached hydrogens (tertiary/aromatic N) is 2. The number of amides is 1. The molecule has 1 N–H and O–H groups in total. The van der Waals surface area contributed by atoms with Crippen molar-refractivity contribution in [1.29, 1.82) is 0 Å². The van der Waals surface area contributed by atoms with Crippen LogP contribution in [-0.2, 0) is 16.1 Å². The van der Waals surface area contributed by atoms with Crippen LogP contribution in [0.1, 0.15) is 4.88 Å². The number of carbonyl (C=O) groups excluding carboxylic acids is 1. The van der Waals surface area contributed by atoms with Crippen LogP contribution in [0.25, 0.3) is 0 Å². The van der Waals surface area contributed by atoms with Crippen molar-refractivity contribution in [2.75, 3.05) is 40.4 Å². The van der Waals surface area contributed by atoms with Crippen molar-refractivity contribution in [3.8, 4) is 0 Å². The molecule has 1 aromatic heterocycles. The predicted molar refractivity (Wildman–Crippen MR) is 85.3 cm³/mol. The average Bonchev–Trinajstić information content (AvgIpc) is 2.91. The third-order valence-electron chi connectivity index (χ3n) is 2.92. The van der Waals surface area contributed by atoms with E-state index in [4.69, 9.17) is 4.74 Å². The maximum Gasteiger partial charge on any atom is 0.237 e. The van der Waals surface area contributed by atoms with E-state index in [0.29, 0.717) is 19.6 Å². The molecule has 0 aromatic carbocycles. The highest BCUT2D eigenvalue weighted by atomic mass is 32.1. The van der Waals surface area contributed by atoms with E-state index < -0.39 is 6.10 Å². The Labute approximate surface area is 130 Å². The lowest BCUT2D eigenvalue weighted by molar-refractivity contribution is -0.132. The van der Waals surface area contributed by atoms with Crippen LogP contribution in [0.15, 0.2) is 30.2 Å². The molecule has 1 amide bonds. The van der Waals surface area contributed by atoms with Crippen LogP contribution in [0.4, 0.5) is 0 Å². The molecule has 1 unspecified atom stereocenters. The molecule has 118 valence electrons. The lowest BCUT2D eigenvalue weighted by atomic mass is 10.3. The Balaban J connectivity index is 2.50. The van der Waals surface area contributed by atoms with Crippen molar-refractivity contribution in [3.05, 3.63) is 35.0 Å². The normalized spacial score (nSPS) is 12.4. The van der Waals surface area contributed by atoms with Crippen molar-refractivity contribution in [2.24, 2.45) is 0 Å². The first kappa shape index (κ1) is 17.8. The van der Waals surface area contributed by atoms with Gasteiger partial charge in [0.15, 0.2) is 0 Å². The minimum absolute atomic E-state index is 0.0235. The summed E-state index contributed by atoms with van der Waals surface area (Å²) < 4.78 is 4.88. The number of carbonyl (C=O) groups is 1. The molecule has 1 aromatic rings. The third-order valence-corrected chi connectivity index (χ3v) is 3.78. The summed E-state index contributed by atoms with van der Waals surface area (Å²) >= 11 is 1.63. The second kappa shape index (κ2) is 9.68. The molecule has 5 nitrogen and oxygen atoms in total. The molecule has 0 aliphatic carbocycles. The minimum Gasteiger partial charge on any atom is -0.389 e. The molecule has 0 saturated carbocycles. The van der Waals surface area contributed by atoms with Gasteiger partial charge < -0.3 is 14.7 Å². The van der Waals surface area contributed by atoms with E-state index in [1.54, 1.807) is 34.3 Å². The van der Waals surface area contributed by atoms with Gasteiger partial charge >= 0.3 is 0 Å². The Morgan fingerprint density at radius 2 is 2.38 bits per heavy atom. The fraction of sp³-hybridized carbons (Fsp3) is 0.533. The van der Waals surface area contributed by atoms with Gasteiger partial charge in [0, 0.05) is 25.1 Å². The maximum absolute atomic E-state index is 12.3. The fourth-order valence-electron chi connectivity index (χ4n) is 2.00. The van der Waals surface area contributed by atoms with Crippen molar-refractivity contribution in [3.63, 3.8) is 0 Å². The predicted octanol–water partition coefficient (Wildman–Crippen LogP) is 1.20. The molecular weight excluding hydrogens is 288 g/mol. The molecule has 0 spiro atoms. The largest absolute Gasteiger partial charge is 0.389 e. The van der Waals surface area contributed by atoms with Crippen molar-refractivity contribution in [2.45, 2.75) is 12.6 Å². The first-order chi connectivity index (χ1) is 10.1. The summed E-state index contributed by atoms with van der Waals surface area (Å²) in [5, 5.41) is 11.7. The maximum atomic E-state index is 12.3. The Hall–Kier alpha value is -1.21. The minimum atomic E-state index is -0.585. The van der Waals surface area contributed by atoms with E-state index >= 15 is 0 Å². The smallest absolute Gasteiger partial charge is 0.237 e. The van der Waals surface area contributed by atoms with Crippen molar-refractivity contribution in [1.82, 2.24) is 9.80 Å². The van der Waals surface area contributed by atoms with E-state index in [2.05, 4.69) is 6.58 Å². The molecule has 6 heteroatoms. The molecule has 0 radical (unpaired) electrons. The van der Waals surface area contributed by atoms with E-state index in [0.717, 1.165) is 4.88 Å². The second-order valence-electron chi connectivity index (χ2n) is 4.95. The fourth-order valence-corrected chi connectivity index (χ4v) is 2.72. The number of ether oxygens (including phenoxy) is 1. The Morgan fingerprint density at radius 3 is 2.95 bits per heavy atom. The topological polar surface area (TPSA) is 53.0 Å². The van der Waals surface area contributed by atoms with Gasteiger partial charge in [0.1, 0.15) is 0 Å². The number of rotatable bonds is 10. The van der Waals surface area contributed by atoms with Crippen LogP contribution < -0.4 is 0 Å². The van der Waals surface area contributed by atoms with E-state index in [9.17, 15) is 9.90 Å². The molecule has 0 aliphatic rings. The molecular formula is C15H24N2O3S. The first-order valence-corrected chi connectivity index (χ1v) is 7.71. The standard InChI is InChI=1S/C15H24N2O3S/c1-4-7-17(10-14-6-5-8-21-14)15(19)11-16(2)9-13(18)12-20-3/h4-6,8,13,18H,1,7,9-12H2,2-3H3. The van der Waals surface area contributed by atoms with Crippen LogP contribution in [-0.4, -0.2) is 67.3 Å². The Morgan fingerprint density at radius 1 is 1.62 bits per heavy atom. The zero-order chi connectivity index (χ0) is 15.7. The number of aliphatic hydroxyl groups excluding tert-OH is 1. The SMILES string of the molecule is C=CCN(Cc1cccs1)C(=O)CN(C)CC(O)COC. The lowest BCUT2D eigenvalue weighted by Gasteiger charge is -2.25. The molecule has 1 atom stereocenters. The van der Waals surface area contributed by atoms with Crippen LogP contribution in [0.5, 0.6) is 0 Å². The summed E-state index contributed by atoms with van der Waals surface area (Å²) in [6, 6.07) is 3.99. The number of hydrogen-bond acceptors (Lipinski definition) is 5. The number of thiophene rings is 1. The highest BCUT2D eigenvalue weighted by Gasteiger charge is 2.17. The van der Waals surface area contributed by atoms with Gasteiger partial charge in [-0.25, -0.2) is 0 Å². The number of aliphatic hydroxyl groups is 1. The molecule has 0 fully saturated rings. The number of hydrogen-bond donors (Lipinski definition) is 1. The second-order valence-corrected chi connectivity index (χ2v) is 5.98. The summed E-state index contributed by atoms with van der Waals surface area (Å²) in [5.41, 5.74) is 0. The van der Waals surface area contributed by atoms with Crippen LogP contribution in [0.2, 0.25) is 0 Å². The average molecular weight is 312 g/mol. The zero-order valence-corrected chi connectivity index (χ0v) is 13.5. The summed E-state index contributed by atoms with van der Waals surface area (Å²) in [5.74, 6) is 0.0235. The first-order valence-electron chi connectivity index (χ1n) is 6.83. The molecule has 1 heterocycles. The van der Waals surface area contributed by atoms with Crippen molar-refractivity contribution < 1.29 is 14.6 Å². The van der Waals surface area contributed by atoms with Gasteiger partial charge in [-0.05, 0) is 18.5 Å². The van der Waals surface area contributed by atoms with E-state index in [1.165, 1.54) is 0 Å². The highest BCUT2D eigenvalue weighted by molar-refractivity contribution is 7.09. The van der Waals surface area contributed by atoms with E-state index in [1.807, 2.05) is 24.6 Å². The number of likely N-dealkylation sites (N-methyl/N-ethyl adjacent to an activating group) is 1. The Bertz CT molecular complexity index is 423. The Kier molecular flexibility index (Phi) is 8.22. The summed E-state index contributed by atoms with van der Waals surface area (Å²) in [4.78, 5) is 17.0. The molecule has 21 heavy (non-hydrogen) atoms. The molecule has 0 saturated heterocycles. The lowest BCUT2D eigenvalue weighted by Crippen LogP contribution is -2.41. The van der Waals surface area contributed by atoms with Gasteiger partial charge in [-0.3, -0.25) is 9.69 Å². The highest BCUT2D eigenvalue weighted by Crippen LogP contribution is 2.12. The summed E-state index contributed by atoms with van der Waals surface area (Å²) in [6.45, 7) is 5.75. The summed E-state index contributed by atoms with van der Waals surface area (Å²) in [7, 11) is 3.36. The van der Waals surface area contributed by atoms with Gasteiger partial charge in [-0.2, -0.15) is 0 Å². The number of methoxy groups -OCH3 is 1.